The minimum atomic E-state index is 0.315. The Bertz CT molecular complexity index is 394. The SMILES string of the molecule is CN=C(N)NCC(C)COc1ccccc1OC. The Hall–Kier alpha value is -1.91. The Kier molecular flexibility index (Phi) is 5.84. The van der Waals surface area contributed by atoms with Crippen molar-refractivity contribution in [2.75, 3.05) is 27.3 Å². The molecule has 0 aliphatic heterocycles. The molecule has 0 saturated heterocycles. The van der Waals surface area contributed by atoms with Gasteiger partial charge in [-0.05, 0) is 12.1 Å². The lowest BCUT2D eigenvalue weighted by Crippen LogP contribution is -2.36. The van der Waals surface area contributed by atoms with E-state index in [2.05, 4.69) is 17.2 Å². The normalized spacial score (nSPS) is 12.9. The van der Waals surface area contributed by atoms with Crippen molar-refractivity contribution < 1.29 is 9.47 Å². The van der Waals surface area contributed by atoms with Gasteiger partial charge in [0, 0.05) is 19.5 Å². The van der Waals surface area contributed by atoms with Crippen LogP contribution in [0.15, 0.2) is 29.3 Å². The summed E-state index contributed by atoms with van der Waals surface area (Å²) in [7, 11) is 3.28. The number of nitrogens with one attached hydrogen (secondary N) is 1. The standard InChI is InChI=1S/C13H21N3O2/c1-10(8-16-13(14)15-2)9-18-12-7-5-4-6-11(12)17-3/h4-7,10H,8-9H2,1-3H3,(H3,14,15,16). The summed E-state index contributed by atoms with van der Waals surface area (Å²) in [5.74, 6) is 2.26. The third kappa shape index (κ3) is 4.53. The Morgan fingerprint density at radius 2 is 2.06 bits per heavy atom. The lowest BCUT2D eigenvalue weighted by atomic mass is 10.2. The highest BCUT2D eigenvalue weighted by atomic mass is 16.5. The summed E-state index contributed by atoms with van der Waals surface area (Å²) in [6, 6.07) is 7.60. The van der Waals surface area contributed by atoms with Gasteiger partial charge in [0.15, 0.2) is 17.5 Å². The quantitative estimate of drug-likeness (QED) is 0.589. The fourth-order valence-electron chi connectivity index (χ4n) is 1.39. The predicted molar refractivity (Wildman–Crippen MR) is 73.2 cm³/mol. The topological polar surface area (TPSA) is 68.9 Å². The van der Waals surface area contributed by atoms with Crippen molar-refractivity contribution in [3.8, 4) is 11.5 Å². The molecular weight excluding hydrogens is 230 g/mol. The molecule has 0 bridgehead atoms. The molecule has 1 atom stereocenters. The number of methoxy groups -OCH3 is 1. The number of rotatable bonds is 6. The Balaban J connectivity index is 2.40. The molecule has 0 amide bonds. The van der Waals surface area contributed by atoms with Crippen LogP contribution >= 0.6 is 0 Å². The van der Waals surface area contributed by atoms with Gasteiger partial charge in [-0.15, -0.1) is 0 Å². The average molecular weight is 251 g/mol. The third-order valence-electron chi connectivity index (χ3n) is 2.46. The molecule has 5 nitrogen and oxygen atoms in total. The van der Waals surface area contributed by atoms with E-state index in [-0.39, 0.29) is 0 Å². The first-order valence-corrected chi connectivity index (χ1v) is 5.89. The second-order valence-electron chi connectivity index (χ2n) is 4.06. The van der Waals surface area contributed by atoms with Crippen molar-refractivity contribution >= 4 is 5.96 Å². The van der Waals surface area contributed by atoms with Crippen LogP contribution in [-0.4, -0.2) is 33.3 Å². The van der Waals surface area contributed by atoms with Gasteiger partial charge in [0.1, 0.15) is 0 Å². The molecule has 0 aliphatic rings. The lowest BCUT2D eigenvalue weighted by Gasteiger charge is -2.15. The van der Waals surface area contributed by atoms with Crippen molar-refractivity contribution in [2.24, 2.45) is 16.6 Å². The predicted octanol–water partition coefficient (Wildman–Crippen LogP) is 1.24. The van der Waals surface area contributed by atoms with E-state index < -0.39 is 0 Å². The van der Waals surface area contributed by atoms with E-state index in [0.717, 1.165) is 18.0 Å². The second-order valence-corrected chi connectivity index (χ2v) is 4.06. The fraction of sp³-hybridized carbons (Fsp3) is 0.462. The summed E-state index contributed by atoms with van der Waals surface area (Å²) in [5, 5.41) is 3.01. The van der Waals surface area contributed by atoms with Crippen LogP contribution < -0.4 is 20.5 Å². The average Bonchev–Trinajstić information content (AvgIpc) is 2.42. The van der Waals surface area contributed by atoms with Gasteiger partial charge in [0.2, 0.25) is 0 Å². The number of benzene rings is 1. The van der Waals surface area contributed by atoms with Gasteiger partial charge in [-0.1, -0.05) is 19.1 Å². The maximum atomic E-state index is 5.71. The van der Waals surface area contributed by atoms with E-state index in [1.165, 1.54) is 0 Å². The first-order chi connectivity index (χ1) is 8.67. The Morgan fingerprint density at radius 1 is 1.39 bits per heavy atom. The van der Waals surface area contributed by atoms with Gasteiger partial charge < -0.3 is 20.5 Å². The van der Waals surface area contributed by atoms with Crippen LogP contribution in [0, 0.1) is 5.92 Å². The zero-order valence-electron chi connectivity index (χ0n) is 11.1. The Morgan fingerprint density at radius 3 is 2.67 bits per heavy atom. The molecule has 5 heteroatoms. The molecule has 0 radical (unpaired) electrons. The monoisotopic (exact) mass is 251 g/mol. The molecule has 0 spiro atoms. The van der Waals surface area contributed by atoms with Gasteiger partial charge in [0.05, 0.1) is 13.7 Å². The van der Waals surface area contributed by atoms with Gasteiger partial charge in [0.25, 0.3) is 0 Å². The van der Waals surface area contributed by atoms with Crippen molar-refractivity contribution in [1.29, 1.82) is 0 Å². The third-order valence-corrected chi connectivity index (χ3v) is 2.46. The molecule has 0 aromatic heterocycles. The molecule has 1 aromatic carbocycles. The lowest BCUT2D eigenvalue weighted by molar-refractivity contribution is 0.248. The van der Waals surface area contributed by atoms with E-state index in [1.54, 1.807) is 14.2 Å². The number of ether oxygens (including phenoxy) is 2. The number of hydrogen-bond acceptors (Lipinski definition) is 3. The van der Waals surface area contributed by atoms with Crippen LogP contribution in [0.2, 0.25) is 0 Å². The van der Waals surface area contributed by atoms with Crippen LogP contribution in [0.1, 0.15) is 6.92 Å². The zero-order valence-corrected chi connectivity index (χ0v) is 11.1. The van der Waals surface area contributed by atoms with Crippen molar-refractivity contribution in [3.63, 3.8) is 0 Å². The second kappa shape index (κ2) is 7.42. The number of para-hydroxylation sites is 2. The van der Waals surface area contributed by atoms with Crippen LogP contribution in [0.3, 0.4) is 0 Å². The maximum absolute atomic E-state index is 5.71. The van der Waals surface area contributed by atoms with Crippen LogP contribution in [0.5, 0.6) is 11.5 Å². The minimum absolute atomic E-state index is 0.315. The van der Waals surface area contributed by atoms with E-state index in [0.29, 0.717) is 18.5 Å². The molecule has 0 fully saturated rings. The maximum Gasteiger partial charge on any atom is 0.188 e. The van der Waals surface area contributed by atoms with Crippen molar-refractivity contribution in [1.82, 2.24) is 5.32 Å². The largest absolute Gasteiger partial charge is 0.493 e. The van der Waals surface area contributed by atoms with Gasteiger partial charge in [-0.25, -0.2) is 0 Å². The van der Waals surface area contributed by atoms with E-state index in [4.69, 9.17) is 15.2 Å². The van der Waals surface area contributed by atoms with Crippen molar-refractivity contribution in [3.05, 3.63) is 24.3 Å². The molecule has 1 rings (SSSR count). The molecule has 0 heterocycles. The number of hydrogen-bond donors (Lipinski definition) is 2. The van der Waals surface area contributed by atoms with Crippen molar-refractivity contribution in [2.45, 2.75) is 6.92 Å². The summed E-state index contributed by atoms with van der Waals surface area (Å²) in [4.78, 5) is 3.83. The van der Waals surface area contributed by atoms with Crippen LogP contribution in [-0.2, 0) is 0 Å². The molecule has 1 aromatic rings. The molecule has 0 aliphatic carbocycles. The summed E-state index contributed by atoms with van der Waals surface area (Å²) in [6.45, 7) is 3.38. The molecule has 18 heavy (non-hydrogen) atoms. The first kappa shape index (κ1) is 14.2. The van der Waals surface area contributed by atoms with E-state index in [9.17, 15) is 0 Å². The van der Waals surface area contributed by atoms with Gasteiger partial charge >= 0.3 is 0 Å². The summed E-state index contributed by atoms with van der Waals surface area (Å²) < 4.78 is 10.9. The Labute approximate surface area is 108 Å². The van der Waals surface area contributed by atoms with Gasteiger partial charge in [-0.3, -0.25) is 4.99 Å². The summed E-state index contributed by atoms with van der Waals surface area (Å²) in [6.07, 6.45) is 0. The fourth-order valence-corrected chi connectivity index (χ4v) is 1.39. The number of nitrogens with zero attached hydrogens (tertiary/aromatic N) is 1. The van der Waals surface area contributed by atoms with Crippen LogP contribution in [0.4, 0.5) is 0 Å². The first-order valence-electron chi connectivity index (χ1n) is 5.89. The summed E-state index contributed by atoms with van der Waals surface area (Å²) >= 11 is 0. The van der Waals surface area contributed by atoms with E-state index in [1.807, 2.05) is 24.3 Å². The highest BCUT2D eigenvalue weighted by Gasteiger charge is 2.06. The molecule has 0 saturated carbocycles. The molecule has 100 valence electrons. The highest BCUT2D eigenvalue weighted by Crippen LogP contribution is 2.25. The minimum Gasteiger partial charge on any atom is -0.493 e. The van der Waals surface area contributed by atoms with E-state index >= 15 is 0 Å². The highest BCUT2D eigenvalue weighted by molar-refractivity contribution is 5.77. The smallest absolute Gasteiger partial charge is 0.188 e. The van der Waals surface area contributed by atoms with Crippen LogP contribution in [0.25, 0.3) is 0 Å². The molecular formula is C13H21N3O2. The number of nitrogens with two attached hydrogens (primary N) is 1. The zero-order chi connectivity index (χ0) is 13.4. The summed E-state index contributed by atoms with van der Waals surface area (Å²) in [5.41, 5.74) is 5.55. The molecule has 1 unspecified atom stereocenters. The molecule has 3 N–H and O–H groups in total. The number of guanidine groups is 1. The van der Waals surface area contributed by atoms with Gasteiger partial charge in [-0.2, -0.15) is 0 Å². The number of aliphatic imine (C=N–C) groups is 1.